The molecule has 5 nitrogen and oxygen atoms in total. The van der Waals surface area contributed by atoms with E-state index in [0.717, 1.165) is 23.5 Å². The minimum atomic E-state index is -3.66. The summed E-state index contributed by atoms with van der Waals surface area (Å²) in [5.74, 6) is 1.50. The van der Waals surface area contributed by atoms with Gasteiger partial charge < -0.3 is 10.1 Å². The molecule has 0 aromatic heterocycles. The van der Waals surface area contributed by atoms with Gasteiger partial charge in [-0.05, 0) is 53.1 Å². The average Bonchev–Trinajstić information content (AvgIpc) is 3.13. The predicted molar refractivity (Wildman–Crippen MR) is 104 cm³/mol. The van der Waals surface area contributed by atoms with Crippen molar-refractivity contribution in [1.82, 2.24) is 0 Å². The van der Waals surface area contributed by atoms with E-state index in [4.69, 9.17) is 21.5 Å². The number of benzene rings is 2. The zero-order chi connectivity index (χ0) is 19.1. The van der Waals surface area contributed by atoms with Crippen molar-refractivity contribution in [2.75, 3.05) is 19.0 Å². The Bertz CT molecular complexity index is 911. The normalized spacial score (nSPS) is 21.3. The van der Waals surface area contributed by atoms with Gasteiger partial charge in [-0.1, -0.05) is 37.6 Å². The van der Waals surface area contributed by atoms with Crippen LogP contribution < -0.4 is 15.2 Å². The topological polar surface area (TPSA) is 81.4 Å². The number of anilines is 1. The molecule has 1 aliphatic rings. The first-order valence-electron chi connectivity index (χ1n) is 8.35. The lowest BCUT2D eigenvalue weighted by atomic mass is 10.0. The van der Waals surface area contributed by atoms with Crippen LogP contribution in [-0.2, 0) is 10.0 Å². The lowest BCUT2D eigenvalue weighted by Gasteiger charge is -2.12. The van der Waals surface area contributed by atoms with Crippen LogP contribution in [0.3, 0.4) is 0 Å². The van der Waals surface area contributed by atoms with Crippen LogP contribution in [0.15, 0.2) is 47.4 Å². The van der Waals surface area contributed by atoms with E-state index < -0.39 is 10.0 Å². The van der Waals surface area contributed by atoms with Gasteiger partial charge in [-0.25, -0.2) is 13.6 Å². The van der Waals surface area contributed by atoms with E-state index in [-0.39, 0.29) is 10.3 Å². The average molecular weight is 395 g/mol. The summed E-state index contributed by atoms with van der Waals surface area (Å²) in [5, 5.41) is 9.25. The fourth-order valence-corrected chi connectivity index (χ4v) is 4.38. The van der Waals surface area contributed by atoms with E-state index in [2.05, 4.69) is 19.2 Å². The van der Waals surface area contributed by atoms with Gasteiger partial charge in [-0.15, -0.1) is 0 Å². The molecule has 7 heteroatoms. The number of primary sulfonamides is 1. The van der Waals surface area contributed by atoms with Crippen LogP contribution in [0.4, 0.5) is 5.69 Å². The molecule has 2 aromatic rings. The summed E-state index contributed by atoms with van der Waals surface area (Å²) in [4.78, 5) is 0.137. The zero-order valence-electron chi connectivity index (χ0n) is 15.0. The molecule has 140 valence electrons. The molecule has 0 radical (unpaired) electrons. The van der Waals surface area contributed by atoms with Crippen LogP contribution in [0.2, 0.25) is 5.02 Å². The summed E-state index contributed by atoms with van der Waals surface area (Å²) in [7, 11) is -2.03. The number of nitrogens with one attached hydrogen (secondary N) is 1. The number of ether oxygens (including phenoxy) is 1. The number of rotatable bonds is 6. The van der Waals surface area contributed by atoms with Gasteiger partial charge in [0.15, 0.2) is 0 Å². The molecule has 0 heterocycles. The highest BCUT2D eigenvalue weighted by atomic mass is 35.5. The van der Waals surface area contributed by atoms with Crippen molar-refractivity contribution in [1.29, 1.82) is 0 Å². The molecule has 1 unspecified atom stereocenters. The second-order valence-electron chi connectivity index (χ2n) is 7.25. The largest absolute Gasteiger partial charge is 0.495 e. The van der Waals surface area contributed by atoms with Gasteiger partial charge in [0.25, 0.3) is 0 Å². The van der Waals surface area contributed by atoms with Crippen molar-refractivity contribution in [2.45, 2.75) is 24.7 Å². The molecule has 3 N–H and O–H groups in total. The van der Waals surface area contributed by atoms with E-state index in [9.17, 15) is 8.42 Å². The highest BCUT2D eigenvalue weighted by Gasteiger charge is 2.57. The number of sulfonamides is 1. The van der Waals surface area contributed by atoms with Crippen LogP contribution in [-0.4, -0.2) is 22.1 Å². The molecule has 2 aromatic carbocycles. The molecule has 0 bridgehead atoms. The fourth-order valence-electron chi connectivity index (χ4n) is 3.69. The Hall–Kier alpha value is -1.76. The van der Waals surface area contributed by atoms with Crippen molar-refractivity contribution < 1.29 is 13.2 Å². The third kappa shape index (κ3) is 3.68. The fraction of sp³-hybridized carbons (Fsp3) is 0.368. The molecule has 26 heavy (non-hydrogen) atoms. The molecule has 3 rings (SSSR count). The Morgan fingerprint density at radius 1 is 1.19 bits per heavy atom. The van der Waals surface area contributed by atoms with Crippen molar-refractivity contribution in [2.24, 2.45) is 16.5 Å². The minimum absolute atomic E-state index is 0.113. The quantitative estimate of drug-likeness (QED) is 0.779. The predicted octanol–water partition coefficient (Wildman–Crippen LogP) is 3.85. The van der Waals surface area contributed by atoms with Crippen molar-refractivity contribution in [3.05, 3.63) is 53.1 Å². The molecule has 0 aliphatic heterocycles. The minimum Gasteiger partial charge on any atom is -0.495 e. The summed E-state index contributed by atoms with van der Waals surface area (Å²) in [6.45, 7) is 5.20. The first-order chi connectivity index (χ1) is 12.1. The molecule has 1 fully saturated rings. The Balaban J connectivity index is 1.73. The van der Waals surface area contributed by atoms with Gasteiger partial charge in [0.1, 0.15) is 5.75 Å². The monoisotopic (exact) mass is 394 g/mol. The first kappa shape index (κ1) is 19.0. The molecular weight excluding hydrogens is 372 g/mol. The second kappa shape index (κ2) is 6.76. The number of hydrogen-bond acceptors (Lipinski definition) is 4. The third-order valence-electron chi connectivity index (χ3n) is 5.29. The molecule has 0 saturated heterocycles. The number of hydrogen-bond donors (Lipinski definition) is 2. The number of halogens is 1. The Labute approximate surface area is 159 Å². The van der Waals surface area contributed by atoms with Crippen molar-refractivity contribution in [3.63, 3.8) is 0 Å². The summed E-state index contributed by atoms with van der Waals surface area (Å²) < 4.78 is 28.2. The highest BCUT2D eigenvalue weighted by Crippen LogP contribution is 2.64. The lowest BCUT2D eigenvalue weighted by Crippen LogP contribution is -2.11. The van der Waals surface area contributed by atoms with E-state index in [0.29, 0.717) is 16.9 Å². The second-order valence-corrected chi connectivity index (χ2v) is 9.24. The molecule has 0 amide bonds. The van der Waals surface area contributed by atoms with Crippen LogP contribution >= 0.6 is 11.6 Å². The van der Waals surface area contributed by atoms with E-state index >= 15 is 0 Å². The third-order valence-corrected chi connectivity index (χ3v) is 6.46. The van der Waals surface area contributed by atoms with E-state index in [1.54, 1.807) is 25.3 Å². The maximum absolute atomic E-state index is 11.4. The summed E-state index contributed by atoms with van der Waals surface area (Å²) >= 11 is 6.08. The van der Waals surface area contributed by atoms with Crippen LogP contribution in [0.1, 0.15) is 25.3 Å². The zero-order valence-corrected chi connectivity index (χ0v) is 16.6. The van der Waals surface area contributed by atoms with Gasteiger partial charge in [0, 0.05) is 11.6 Å². The number of methoxy groups -OCH3 is 1. The summed E-state index contributed by atoms with van der Waals surface area (Å²) in [6, 6.07) is 12.3. The maximum Gasteiger partial charge on any atom is 0.238 e. The molecule has 0 spiro atoms. The van der Waals surface area contributed by atoms with Gasteiger partial charge in [-0.2, -0.15) is 0 Å². The highest BCUT2D eigenvalue weighted by molar-refractivity contribution is 7.89. The molecule has 1 saturated carbocycles. The summed E-state index contributed by atoms with van der Waals surface area (Å²) in [6.07, 6.45) is 0. The molecular formula is C19H23ClN2O3S. The van der Waals surface area contributed by atoms with Gasteiger partial charge in [0.2, 0.25) is 10.0 Å². The Kier molecular flexibility index (Phi) is 4.94. The Morgan fingerprint density at radius 3 is 2.42 bits per heavy atom. The maximum atomic E-state index is 11.4. The van der Waals surface area contributed by atoms with Gasteiger partial charge in [0.05, 0.1) is 17.7 Å². The number of nitrogens with two attached hydrogens (primary N) is 1. The van der Waals surface area contributed by atoms with Gasteiger partial charge >= 0.3 is 0 Å². The molecule has 2 atom stereocenters. The van der Waals surface area contributed by atoms with E-state index in [1.165, 1.54) is 0 Å². The van der Waals surface area contributed by atoms with Gasteiger partial charge in [-0.3, -0.25) is 0 Å². The summed E-state index contributed by atoms with van der Waals surface area (Å²) in [5.41, 5.74) is 2.10. The SMILES string of the molecule is COc1ccc(Cl)cc1NCC1[C@@H](c2ccc(S(N)(=O)=O)cc2)C1(C)C. The van der Waals surface area contributed by atoms with E-state index in [1.807, 2.05) is 24.3 Å². The van der Waals surface area contributed by atoms with Crippen molar-refractivity contribution in [3.8, 4) is 5.75 Å². The van der Waals surface area contributed by atoms with Crippen LogP contribution in [0, 0.1) is 11.3 Å². The van der Waals surface area contributed by atoms with Crippen LogP contribution in [0.25, 0.3) is 0 Å². The van der Waals surface area contributed by atoms with Crippen LogP contribution in [0.5, 0.6) is 5.75 Å². The van der Waals surface area contributed by atoms with Crippen molar-refractivity contribution >= 4 is 27.3 Å². The standard InChI is InChI=1S/C19H23ClN2O3S/c1-19(2)15(11-22-16-10-13(20)6-9-17(16)25-3)18(19)12-4-7-14(8-5-12)26(21,23)24/h4-10,15,18,22H,11H2,1-3H3,(H2,21,23,24)/t15?,18-/m1/s1. The first-order valence-corrected chi connectivity index (χ1v) is 10.3. The Morgan fingerprint density at radius 2 is 1.85 bits per heavy atom. The lowest BCUT2D eigenvalue weighted by molar-refractivity contribution is 0.416. The smallest absolute Gasteiger partial charge is 0.238 e. The molecule has 1 aliphatic carbocycles.